The number of cyclic esters (lactones) is 2. The molecule has 24 heavy (non-hydrogen) atoms. The number of carbonyl (C=O) groups excluding carboxylic acids is 3. The smallest absolute Gasteiger partial charge is 0.318 e. The van der Waals surface area contributed by atoms with Gasteiger partial charge in [0.1, 0.15) is 0 Å². The topological polar surface area (TPSA) is 60.4 Å². The number of Topliss-reactive ketones (excluding diaryl/α,β-unsaturated/α-hetero) is 1. The lowest BCUT2D eigenvalue weighted by molar-refractivity contribution is -0.154. The van der Waals surface area contributed by atoms with Crippen molar-refractivity contribution in [2.75, 3.05) is 0 Å². The zero-order valence-corrected chi connectivity index (χ0v) is 13.4. The van der Waals surface area contributed by atoms with Crippen LogP contribution in [0.15, 0.2) is 23.3 Å². The summed E-state index contributed by atoms with van der Waals surface area (Å²) in [4.78, 5) is 38.3. The SMILES string of the molecule is O=C1OC(=O)[C@@H]2[C@H]1[C@H]1C(=C3CCCC[C@@H]32)C(=O)[C@H]2[C@@H]1[C@@H]1C=C[C@H]2C1. The molecule has 8 atom stereocenters. The van der Waals surface area contributed by atoms with E-state index in [1.54, 1.807) is 0 Å². The predicted molar refractivity (Wildman–Crippen MR) is 83.3 cm³/mol. The third-order valence-corrected chi connectivity index (χ3v) is 7.79. The summed E-state index contributed by atoms with van der Waals surface area (Å²) in [7, 11) is 0. The van der Waals surface area contributed by atoms with Gasteiger partial charge in [0.15, 0.2) is 5.78 Å². The summed E-state index contributed by atoms with van der Waals surface area (Å²) < 4.78 is 5.10. The molecule has 0 spiro atoms. The average molecular weight is 324 g/mol. The van der Waals surface area contributed by atoms with E-state index >= 15 is 0 Å². The molecule has 124 valence electrons. The molecule has 0 radical (unpaired) electrons. The van der Waals surface area contributed by atoms with Crippen molar-refractivity contribution >= 4 is 17.7 Å². The monoisotopic (exact) mass is 324 g/mol. The Balaban J connectivity index is 1.58. The minimum absolute atomic E-state index is 0.0531. The molecule has 1 saturated heterocycles. The second kappa shape index (κ2) is 4.27. The lowest BCUT2D eigenvalue weighted by Crippen LogP contribution is -2.41. The molecule has 3 saturated carbocycles. The minimum atomic E-state index is -0.397. The molecule has 4 fully saturated rings. The van der Waals surface area contributed by atoms with E-state index < -0.39 is 5.92 Å². The normalized spacial score (nSPS) is 50.8. The Hall–Kier alpha value is -1.71. The van der Waals surface area contributed by atoms with Gasteiger partial charge in [0.05, 0.1) is 11.8 Å². The molecular formula is C20H20O4. The molecule has 4 heteroatoms. The van der Waals surface area contributed by atoms with Crippen molar-refractivity contribution in [3.05, 3.63) is 23.3 Å². The highest BCUT2D eigenvalue weighted by Gasteiger charge is 2.67. The Bertz CT molecular complexity index is 760. The number of carbonyl (C=O) groups is 3. The lowest BCUT2D eigenvalue weighted by Gasteiger charge is -2.41. The first-order valence-electron chi connectivity index (χ1n) is 9.38. The molecule has 6 aliphatic rings. The Morgan fingerprint density at radius 3 is 2.54 bits per heavy atom. The third kappa shape index (κ3) is 1.37. The van der Waals surface area contributed by atoms with E-state index in [1.165, 1.54) is 5.57 Å². The van der Waals surface area contributed by atoms with Crippen LogP contribution in [0.25, 0.3) is 0 Å². The summed E-state index contributed by atoms with van der Waals surface area (Å²) >= 11 is 0. The van der Waals surface area contributed by atoms with Gasteiger partial charge in [-0.15, -0.1) is 0 Å². The van der Waals surface area contributed by atoms with Crippen LogP contribution < -0.4 is 0 Å². The van der Waals surface area contributed by atoms with Gasteiger partial charge in [-0.2, -0.15) is 0 Å². The third-order valence-electron chi connectivity index (χ3n) is 7.79. The van der Waals surface area contributed by atoms with E-state index in [4.69, 9.17) is 4.74 Å². The number of hydrogen-bond donors (Lipinski definition) is 0. The summed E-state index contributed by atoms with van der Waals surface area (Å²) in [5.74, 6) is -0.0765. The molecule has 0 unspecified atom stereocenters. The highest BCUT2D eigenvalue weighted by molar-refractivity contribution is 6.06. The van der Waals surface area contributed by atoms with Gasteiger partial charge in [0.25, 0.3) is 0 Å². The molecule has 5 aliphatic carbocycles. The van der Waals surface area contributed by atoms with E-state index in [2.05, 4.69) is 12.2 Å². The van der Waals surface area contributed by atoms with Crippen molar-refractivity contribution in [1.82, 2.24) is 0 Å². The standard InChI is InChI=1S/C20H20O4/c21-18-13-9-6-5-8(7-9)12(13)16-14(18)10-3-1-2-4-11(10)15-17(16)20(23)24-19(15)22/h5-6,8-9,11-13,15-17H,1-4,7H2/t8-,9+,11+,12+,13-,15+,16-,17+/m1/s1. The van der Waals surface area contributed by atoms with Crippen molar-refractivity contribution in [3.8, 4) is 0 Å². The van der Waals surface area contributed by atoms with E-state index in [-0.39, 0.29) is 41.5 Å². The maximum atomic E-state index is 13.3. The van der Waals surface area contributed by atoms with Crippen LogP contribution in [-0.2, 0) is 19.1 Å². The summed E-state index contributed by atoms with van der Waals surface area (Å²) in [6.45, 7) is 0. The van der Waals surface area contributed by atoms with Crippen molar-refractivity contribution in [2.45, 2.75) is 32.1 Å². The fourth-order valence-electron chi connectivity index (χ4n) is 7.13. The van der Waals surface area contributed by atoms with Gasteiger partial charge in [-0.05, 0) is 54.9 Å². The maximum absolute atomic E-state index is 13.3. The fraction of sp³-hybridized carbons (Fsp3) is 0.650. The number of fused-ring (bicyclic) bond motifs is 11. The van der Waals surface area contributed by atoms with Crippen LogP contribution >= 0.6 is 0 Å². The first kappa shape index (κ1) is 13.6. The van der Waals surface area contributed by atoms with Gasteiger partial charge in [0, 0.05) is 11.8 Å². The second-order valence-corrected chi connectivity index (χ2v) is 8.52. The van der Waals surface area contributed by atoms with Crippen LogP contribution in [0.4, 0.5) is 0 Å². The Morgan fingerprint density at radius 1 is 0.875 bits per heavy atom. The van der Waals surface area contributed by atoms with E-state index in [1.807, 2.05) is 0 Å². The number of ketones is 1. The zero-order valence-electron chi connectivity index (χ0n) is 13.4. The summed E-state index contributed by atoms with van der Waals surface area (Å²) in [5, 5.41) is 0. The Kier molecular flexibility index (Phi) is 2.42. The molecule has 0 amide bonds. The van der Waals surface area contributed by atoms with Gasteiger partial charge in [-0.1, -0.05) is 24.1 Å². The molecule has 0 aromatic carbocycles. The molecule has 1 heterocycles. The van der Waals surface area contributed by atoms with Crippen LogP contribution in [0.5, 0.6) is 0 Å². The van der Waals surface area contributed by atoms with E-state index in [0.29, 0.717) is 17.6 Å². The molecule has 0 aromatic rings. The second-order valence-electron chi connectivity index (χ2n) is 8.52. The average Bonchev–Trinajstić information content (AvgIpc) is 3.31. The van der Waals surface area contributed by atoms with Gasteiger partial charge >= 0.3 is 11.9 Å². The largest absolute Gasteiger partial charge is 0.393 e. The molecular weight excluding hydrogens is 304 g/mol. The van der Waals surface area contributed by atoms with Crippen LogP contribution in [0.2, 0.25) is 0 Å². The summed E-state index contributed by atoms with van der Waals surface area (Å²) in [5.41, 5.74) is 2.18. The summed E-state index contributed by atoms with van der Waals surface area (Å²) in [6.07, 6.45) is 9.51. The number of rotatable bonds is 0. The quantitative estimate of drug-likeness (QED) is 0.390. The Morgan fingerprint density at radius 2 is 1.67 bits per heavy atom. The highest BCUT2D eigenvalue weighted by atomic mass is 16.6. The van der Waals surface area contributed by atoms with E-state index in [0.717, 1.165) is 37.7 Å². The van der Waals surface area contributed by atoms with Crippen molar-refractivity contribution < 1.29 is 19.1 Å². The molecule has 0 N–H and O–H groups in total. The zero-order chi connectivity index (χ0) is 16.2. The van der Waals surface area contributed by atoms with Crippen molar-refractivity contribution in [1.29, 1.82) is 0 Å². The van der Waals surface area contributed by atoms with Crippen molar-refractivity contribution in [2.24, 2.45) is 47.3 Å². The van der Waals surface area contributed by atoms with Gasteiger partial charge < -0.3 is 4.74 Å². The van der Waals surface area contributed by atoms with Gasteiger partial charge in [0.2, 0.25) is 0 Å². The van der Waals surface area contributed by atoms with Gasteiger partial charge in [-0.3, -0.25) is 14.4 Å². The Labute approximate surface area is 140 Å². The molecule has 0 aromatic heterocycles. The van der Waals surface area contributed by atoms with Crippen LogP contribution in [0, 0.1) is 47.3 Å². The van der Waals surface area contributed by atoms with E-state index in [9.17, 15) is 14.4 Å². The number of ether oxygens (including phenoxy) is 1. The first-order valence-corrected chi connectivity index (χ1v) is 9.38. The molecule has 4 nitrogen and oxygen atoms in total. The molecule has 6 rings (SSSR count). The number of allylic oxidation sites excluding steroid dienone is 4. The van der Waals surface area contributed by atoms with Crippen LogP contribution in [0.1, 0.15) is 32.1 Å². The van der Waals surface area contributed by atoms with Crippen LogP contribution in [0.3, 0.4) is 0 Å². The highest BCUT2D eigenvalue weighted by Crippen LogP contribution is 2.65. The number of hydrogen-bond acceptors (Lipinski definition) is 4. The minimum Gasteiger partial charge on any atom is -0.393 e. The van der Waals surface area contributed by atoms with Gasteiger partial charge in [-0.25, -0.2) is 0 Å². The fourth-order valence-corrected chi connectivity index (χ4v) is 7.13. The lowest BCUT2D eigenvalue weighted by atomic mass is 9.59. The molecule has 1 aliphatic heterocycles. The van der Waals surface area contributed by atoms with Crippen LogP contribution in [-0.4, -0.2) is 17.7 Å². The predicted octanol–water partition coefficient (Wildman–Crippen LogP) is 2.44. The first-order chi connectivity index (χ1) is 11.7. The summed E-state index contributed by atoms with van der Waals surface area (Å²) in [6, 6.07) is 0. The molecule has 2 bridgehead atoms. The maximum Gasteiger partial charge on any atom is 0.318 e. The van der Waals surface area contributed by atoms with Crippen molar-refractivity contribution in [3.63, 3.8) is 0 Å². The number of esters is 2.